The van der Waals surface area contributed by atoms with Crippen LogP contribution in [0.15, 0.2) is 66.7 Å². The van der Waals surface area contributed by atoms with E-state index in [-0.39, 0.29) is 54.2 Å². The Labute approximate surface area is 260 Å². The van der Waals surface area contributed by atoms with Crippen molar-refractivity contribution in [1.29, 1.82) is 0 Å². The van der Waals surface area contributed by atoms with Gasteiger partial charge in [-0.3, -0.25) is 19.3 Å². The minimum atomic E-state index is -1.13. The van der Waals surface area contributed by atoms with Crippen LogP contribution < -0.4 is 15.4 Å². The maximum absolute atomic E-state index is 13.6. The standard InChI is InChI=1S/C34H36F2N4O5/c1-39-29-11-9-25(17-32(41)37-24-13-14-40(19-24)18-21-5-3-2-4-6-21)45-31(29)20-44-30-12-8-23(16-26(30)34(39)43)38-33(42)22-7-10-27(35)28(36)15-22/h2-8,10,12,15-16,24-25,29,31H,9,11,13-14,17-20H2,1H3,(H,37,41)(H,38,42)/t24-,25-,29+,31-/m1/s1. The molecule has 3 aromatic rings. The van der Waals surface area contributed by atoms with Crippen LogP contribution in [0.2, 0.25) is 0 Å². The molecule has 0 bridgehead atoms. The lowest BCUT2D eigenvalue weighted by Crippen LogP contribution is -2.54. The normalized spacial score (nSPS) is 23.3. The summed E-state index contributed by atoms with van der Waals surface area (Å²) in [5.74, 6) is -2.82. The number of likely N-dealkylation sites (N-methyl/N-ethyl adjacent to an activating group) is 1. The lowest BCUT2D eigenvalue weighted by atomic mass is 9.94. The van der Waals surface area contributed by atoms with Crippen LogP contribution in [-0.4, -0.2) is 78.6 Å². The van der Waals surface area contributed by atoms with Crippen LogP contribution in [0, 0.1) is 11.6 Å². The van der Waals surface area contributed by atoms with Crippen molar-refractivity contribution in [3.63, 3.8) is 0 Å². The molecule has 0 aliphatic carbocycles. The Balaban J connectivity index is 1.04. The van der Waals surface area contributed by atoms with Gasteiger partial charge in [-0.25, -0.2) is 8.78 Å². The van der Waals surface area contributed by atoms with Crippen molar-refractivity contribution in [2.24, 2.45) is 0 Å². The van der Waals surface area contributed by atoms with E-state index in [0.717, 1.165) is 38.2 Å². The third kappa shape index (κ3) is 7.15. The molecule has 236 valence electrons. The number of carbonyl (C=O) groups is 3. The first-order valence-corrected chi connectivity index (χ1v) is 15.2. The van der Waals surface area contributed by atoms with Crippen molar-refractivity contribution in [3.05, 3.63) is 95.1 Å². The molecule has 0 aromatic heterocycles. The summed E-state index contributed by atoms with van der Waals surface area (Å²) < 4.78 is 39.2. The van der Waals surface area contributed by atoms with Gasteiger partial charge >= 0.3 is 0 Å². The van der Waals surface area contributed by atoms with Crippen molar-refractivity contribution in [2.75, 3.05) is 32.1 Å². The molecule has 0 saturated carbocycles. The molecule has 4 atom stereocenters. The van der Waals surface area contributed by atoms with Gasteiger partial charge in [-0.2, -0.15) is 0 Å². The van der Waals surface area contributed by atoms with Gasteiger partial charge < -0.3 is 25.0 Å². The Hall–Kier alpha value is -4.35. The number of halogens is 2. The molecule has 3 aliphatic rings. The molecule has 3 amide bonds. The van der Waals surface area contributed by atoms with Gasteiger partial charge in [0.2, 0.25) is 5.91 Å². The van der Waals surface area contributed by atoms with Gasteiger partial charge in [0.15, 0.2) is 11.6 Å². The van der Waals surface area contributed by atoms with Crippen molar-refractivity contribution < 1.29 is 32.6 Å². The van der Waals surface area contributed by atoms with Crippen LogP contribution in [0.25, 0.3) is 0 Å². The summed E-state index contributed by atoms with van der Waals surface area (Å²) in [6.45, 7) is 2.80. The van der Waals surface area contributed by atoms with E-state index in [9.17, 15) is 23.2 Å². The molecule has 3 heterocycles. The number of nitrogens with one attached hydrogen (secondary N) is 2. The summed E-state index contributed by atoms with van der Waals surface area (Å²) in [4.78, 5) is 43.1. The minimum absolute atomic E-state index is 0.0375. The number of carbonyl (C=O) groups excluding carboxylic acids is 3. The van der Waals surface area contributed by atoms with Gasteiger partial charge in [0.25, 0.3) is 11.8 Å². The number of anilines is 1. The summed E-state index contributed by atoms with van der Waals surface area (Å²) in [5.41, 5.74) is 1.77. The fourth-order valence-corrected chi connectivity index (χ4v) is 6.38. The SMILES string of the molecule is CN1C(=O)c2cc(NC(=O)c3ccc(F)c(F)c3)ccc2OC[C@H]2O[C@@H](CC(=O)N[C@@H]3CCN(Cc4ccccc4)C3)CC[C@@H]21. The highest BCUT2D eigenvalue weighted by Gasteiger charge is 2.39. The Kier molecular flexibility index (Phi) is 9.09. The van der Waals surface area contributed by atoms with Gasteiger partial charge in [-0.05, 0) is 61.2 Å². The maximum atomic E-state index is 13.6. The molecule has 0 unspecified atom stereocenters. The molecular weight excluding hydrogens is 582 g/mol. The van der Waals surface area contributed by atoms with Gasteiger partial charge in [-0.15, -0.1) is 0 Å². The van der Waals surface area contributed by atoms with E-state index >= 15 is 0 Å². The van der Waals surface area contributed by atoms with E-state index in [0.29, 0.717) is 24.3 Å². The van der Waals surface area contributed by atoms with E-state index in [1.807, 2.05) is 18.2 Å². The first-order valence-electron chi connectivity index (χ1n) is 15.2. The second-order valence-electron chi connectivity index (χ2n) is 11.9. The zero-order valence-electron chi connectivity index (χ0n) is 25.0. The van der Waals surface area contributed by atoms with E-state index < -0.39 is 23.6 Å². The summed E-state index contributed by atoms with van der Waals surface area (Å²) in [6, 6.07) is 17.7. The van der Waals surface area contributed by atoms with Crippen LogP contribution in [0.3, 0.4) is 0 Å². The van der Waals surface area contributed by atoms with Crippen molar-refractivity contribution >= 4 is 23.4 Å². The fourth-order valence-electron chi connectivity index (χ4n) is 6.38. The number of hydrogen-bond acceptors (Lipinski definition) is 6. The molecule has 3 aromatic carbocycles. The van der Waals surface area contributed by atoms with E-state index in [4.69, 9.17) is 9.47 Å². The molecule has 2 saturated heterocycles. The summed E-state index contributed by atoms with van der Waals surface area (Å²) in [5, 5.41) is 5.80. The van der Waals surface area contributed by atoms with Crippen LogP contribution in [-0.2, 0) is 16.1 Å². The third-order valence-electron chi connectivity index (χ3n) is 8.75. The third-order valence-corrected chi connectivity index (χ3v) is 8.75. The van der Waals surface area contributed by atoms with Gasteiger partial charge in [0.05, 0.1) is 24.1 Å². The minimum Gasteiger partial charge on any atom is -0.490 e. The van der Waals surface area contributed by atoms with Crippen molar-refractivity contribution in [3.8, 4) is 5.75 Å². The molecule has 45 heavy (non-hydrogen) atoms. The predicted molar refractivity (Wildman–Crippen MR) is 163 cm³/mol. The van der Waals surface area contributed by atoms with Crippen LogP contribution >= 0.6 is 0 Å². The highest BCUT2D eigenvalue weighted by molar-refractivity contribution is 6.05. The fraction of sp³-hybridized carbons (Fsp3) is 0.382. The molecule has 11 heteroatoms. The predicted octanol–water partition coefficient (Wildman–Crippen LogP) is 4.38. The summed E-state index contributed by atoms with van der Waals surface area (Å²) in [7, 11) is 1.71. The number of benzene rings is 3. The maximum Gasteiger partial charge on any atom is 0.257 e. The van der Waals surface area contributed by atoms with Gasteiger partial charge in [-0.1, -0.05) is 30.3 Å². The second kappa shape index (κ2) is 13.3. The number of nitrogens with zero attached hydrogens (tertiary/aromatic N) is 2. The Bertz CT molecular complexity index is 1570. The number of hydrogen-bond donors (Lipinski definition) is 2. The zero-order valence-corrected chi connectivity index (χ0v) is 25.0. The Morgan fingerprint density at radius 2 is 1.80 bits per heavy atom. The van der Waals surface area contributed by atoms with Crippen LogP contribution in [0.4, 0.5) is 14.5 Å². The summed E-state index contributed by atoms with van der Waals surface area (Å²) >= 11 is 0. The van der Waals surface area contributed by atoms with Crippen LogP contribution in [0.1, 0.15) is 52.0 Å². The smallest absolute Gasteiger partial charge is 0.257 e. The highest BCUT2D eigenvalue weighted by atomic mass is 19.2. The average Bonchev–Trinajstić information content (AvgIpc) is 3.47. The Morgan fingerprint density at radius 3 is 2.60 bits per heavy atom. The summed E-state index contributed by atoms with van der Waals surface area (Å²) in [6.07, 6.45) is 1.71. The topological polar surface area (TPSA) is 100 Å². The number of ether oxygens (including phenoxy) is 2. The molecule has 3 aliphatic heterocycles. The lowest BCUT2D eigenvalue weighted by Gasteiger charge is -2.42. The number of amides is 3. The number of rotatable bonds is 7. The molecule has 0 spiro atoms. The van der Waals surface area contributed by atoms with Crippen LogP contribution in [0.5, 0.6) is 5.75 Å². The quantitative estimate of drug-likeness (QED) is 0.408. The van der Waals surface area contributed by atoms with E-state index in [1.165, 1.54) is 17.7 Å². The first-order chi connectivity index (χ1) is 21.7. The molecule has 2 N–H and O–H groups in total. The first kappa shape index (κ1) is 30.7. The lowest BCUT2D eigenvalue weighted by molar-refractivity contribution is -0.134. The molecule has 0 radical (unpaired) electrons. The van der Waals surface area contributed by atoms with Gasteiger partial charge in [0, 0.05) is 44.0 Å². The molecule has 6 rings (SSSR count). The monoisotopic (exact) mass is 618 g/mol. The molecular formula is C34H36F2N4O5. The van der Waals surface area contributed by atoms with Crippen molar-refractivity contribution in [1.82, 2.24) is 15.1 Å². The second-order valence-corrected chi connectivity index (χ2v) is 11.9. The van der Waals surface area contributed by atoms with E-state index in [1.54, 1.807) is 24.1 Å². The highest BCUT2D eigenvalue weighted by Crippen LogP contribution is 2.33. The zero-order chi connectivity index (χ0) is 31.5. The number of likely N-dealkylation sites (tertiary alicyclic amines) is 1. The average molecular weight is 619 g/mol. The largest absolute Gasteiger partial charge is 0.490 e. The number of fused-ring (bicyclic) bond motifs is 2. The van der Waals surface area contributed by atoms with E-state index in [2.05, 4.69) is 27.7 Å². The molecule has 9 nitrogen and oxygen atoms in total. The van der Waals surface area contributed by atoms with Gasteiger partial charge in [0.1, 0.15) is 18.5 Å². The Morgan fingerprint density at radius 1 is 0.978 bits per heavy atom. The van der Waals surface area contributed by atoms with Crippen molar-refractivity contribution in [2.45, 2.75) is 56.5 Å². The molecule has 2 fully saturated rings.